The predicted octanol–water partition coefficient (Wildman–Crippen LogP) is 3.36. The minimum Gasteiger partial charge on any atom is -0.488 e. The van der Waals surface area contributed by atoms with Gasteiger partial charge in [-0.2, -0.15) is 5.10 Å². The fraction of sp³-hybridized carbons (Fsp3) is 0.105. The van der Waals surface area contributed by atoms with Gasteiger partial charge in [0.25, 0.3) is 0 Å². The van der Waals surface area contributed by atoms with Gasteiger partial charge < -0.3 is 4.74 Å². The Labute approximate surface area is 145 Å². The summed E-state index contributed by atoms with van der Waals surface area (Å²) < 4.78 is 7.57. The standard InChI is InChI=1S/C19H17N5O/c1-24-18(15-7-3-2-4-8-15)21-23-19(24)22-20-12-14-11-16-9-5-6-10-17(16)25-13-14/h2-12H,13H2,1H3,(H,22,23)/b20-12+. The third-order valence-corrected chi connectivity index (χ3v) is 3.96. The number of anilines is 1. The number of nitrogens with one attached hydrogen (secondary N) is 1. The van der Waals surface area contributed by atoms with Crippen LogP contribution >= 0.6 is 0 Å². The Morgan fingerprint density at radius 3 is 2.76 bits per heavy atom. The van der Waals surface area contributed by atoms with Crippen LogP contribution in [0.5, 0.6) is 5.75 Å². The summed E-state index contributed by atoms with van der Waals surface area (Å²) in [6.07, 6.45) is 3.81. The Morgan fingerprint density at radius 1 is 1.08 bits per heavy atom. The molecule has 0 amide bonds. The second-order valence-corrected chi connectivity index (χ2v) is 5.69. The van der Waals surface area contributed by atoms with Crippen LogP contribution in [-0.2, 0) is 7.05 Å². The summed E-state index contributed by atoms with van der Waals surface area (Å²) in [7, 11) is 1.90. The van der Waals surface area contributed by atoms with Crippen molar-refractivity contribution in [3.05, 3.63) is 65.7 Å². The molecule has 1 aliphatic heterocycles. The van der Waals surface area contributed by atoms with E-state index in [4.69, 9.17) is 4.74 Å². The number of hydrogen-bond acceptors (Lipinski definition) is 5. The quantitative estimate of drug-likeness (QED) is 0.588. The minimum atomic E-state index is 0.496. The fourth-order valence-corrected chi connectivity index (χ4v) is 2.65. The van der Waals surface area contributed by atoms with E-state index in [1.165, 1.54) is 0 Å². The van der Waals surface area contributed by atoms with Gasteiger partial charge in [0.15, 0.2) is 5.82 Å². The first-order valence-electron chi connectivity index (χ1n) is 7.97. The van der Waals surface area contributed by atoms with E-state index in [9.17, 15) is 0 Å². The molecule has 2 heterocycles. The van der Waals surface area contributed by atoms with Crippen LogP contribution in [-0.4, -0.2) is 27.6 Å². The molecule has 1 aliphatic rings. The van der Waals surface area contributed by atoms with Crippen LogP contribution in [0.3, 0.4) is 0 Å². The highest BCUT2D eigenvalue weighted by atomic mass is 16.5. The molecule has 6 nitrogen and oxygen atoms in total. The lowest BCUT2D eigenvalue weighted by molar-refractivity contribution is 0.353. The van der Waals surface area contributed by atoms with Gasteiger partial charge in [-0.25, -0.2) is 5.43 Å². The third-order valence-electron chi connectivity index (χ3n) is 3.96. The molecule has 0 unspecified atom stereocenters. The second-order valence-electron chi connectivity index (χ2n) is 5.69. The zero-order chi connectivity index (χ0) is 17.1. The van der Waals surface area contributed by atoms with Crippen LogP contribution < -0.4 is 10.2 Å². The number of ether oxygens (including phenoxy) is 1. The van der Waals surface area contributed by atoms with Crippen molar-refractivity contribution in [3.63, 3.8) is 0 Å². The first-order valence-corrected chi connectivity index (χ1v) is 7.97. The smallest absolute Gasteiger partial charge is 0.245 e. The molecule has 0 radical (unpaired) electrons. The Kier molecular flexibility index (Phi) is 4.00. The Morgan fingerprint density at radius 2 is 1.88 bits per heavy atom. The first-order chi connectivity index (χ1) is 12.3. The van der Waals surface area contributed by atoms with Crippen molar-refractivity contribution >= 4 is 18.2 Å². The molecule has 3 aromatic rings. The number of aromatic nitrogens is 3. The maximum absolute atomic E-state index is 5.70. The van der Waals surface area contributed by atoms with Gasteiger partial charge in [-0.3, -0.25) is 4.57 Å². The van der Waals surface area contributed by atoms with E-state index >= 15 is 0 Å². The number of fused-ring (bicyclic) bond motifs is 1. The molecular weight excluding hydrogens is 314 g/mol. The second kappa shape index (κ2) is 6.60. The van der Waals surface area contributed by atoms with E-state index in [1.54, 1.807) is 6.21 Å². The van der Waals surface area contributed by atoms with Crippen LogP contribution in [0.4, 0.5) is 5.95 Å². The number of nitrogens with zero attached hydrogens (tertiary/aromatic N) is 4. The topological polar surface area (TPSA) is 64.3 Å². The molecule has 0 aliphatic carbocycles. The van der Waals surface area contributed by atoms with Crippen molar-refractivity contribution in [3.8, 4) is 17.1 Å². The maximum atomic E-state index is 5.70. The van der Waals surface area contributed by atoms with Crippen molar-refractivity contribution in [1.82, 2.24) is 14.8 Å². The molecule has 6 heteroatoms. The Bertz CT molecular complexity index is 943. The van der Waals surface area contributed by atoms with Gasteiger partial charge >= 0.3 is 0 Å². The molecule has 0 bridgehead atoms. The van der Waals surface area contributed by atoms with Gasteiger partial charge in [0, 0.05) is 23.7 Å². The average Bonchev–Trinajstić information content (AvgIpc) is 3.03. The summed E-state index contributed by atoms with van der Waals surface area (Å²) in [5.74, 6) is 2.26. The molecule has 0 spiro atoms. The summed E-state index contributed by atoms with van der Waals surface area (Å²) in [6.45, 7) is 0.496. The highest BCUT2D eigenvalue weighted by molar-refractivity contribution is 5.88. The van der Waals surface area contributed by atoms with Crippen LogP contribution in [0.2, 0.25) is 0 Å². The van der Waals surface area contributed by atoms with Gasteiger partial charge in [0.2, 0.25) is 5.95 Å². The summed E-state index contributed by atoms with van der Waals surface area (Å²) >= 11 is 0. The number of hydrogen-bond donors (Lipinski definition) is 1. The highest BCUT2D eigenvalue weighted by Gasteiger charge is 2.11. The molecule has 1 aromatic heterocycles. The van der Waals surface area contributed by atoms with Gasteiger partial charge in [-0.1, -0.05) is 48.5 Å². The molecule has 0 fully saturated rings. The lowest BCUT2D eigenvalue weighted by atomic mass is 10.1. The third kappa shape index (κ3) is 3.14. The summed E-state index contributed by atoms with van der Waals surface area (Å²) in [5, 5.41) is 12.6. The van der Waals surface area contributed by atoms with Crippen LogP contribution in [0.15, 0.2) is 65.3 Å². The fourth-order valence-electron chi connectivity index (χ4n) is 2.65. The van der Waals surface area contributed by atoms with Gasteiger partial charge in [0.05, 0.1) is 6.21 Å². The highest BCUT2D eigenvalue weighted by Crippen LogP contribution is 2.25. The number of hydrazone groups is 1. The van der Waals surface area contributed by atoms with Crippen molar-refractivity contribution in [2.24, 2.45) is 12.1 Å². The largest absolute Gasteiger partial charge is 0.488 e. The molecule has 2 aromatic carbocycles. The van der Waals surface area contributed by atoms with Crippen LogP contribution in [0.1, 0.15) is 5.56 Å². The molecule has 0 atom stereocenters. The summed E-state index contributed by atoms with van der Waals surface area (Å²) in [4.78, 5) is 0. The van der Waals surface area contributed by atoms with E-state index in [-0.39, 0.29) is 0 Å². The Hall–Kier alpha value is -3.41. The van der Waals surface area contributed by atoms with Crippen LogP contribution in [0.25, 0.3) is 17.5 Å². The van der Waals surface area contributed by atoms with E-state index in [1.807, 2.05) is 66.2 Å². The molecule has 0 saturated heterocycles. The van der Waals surface area contributed by atoms with Crippen molar-refractivity contribution in [1.29, 1.82) is 0 Å². The van der Waals surface area contributed by atoms with E-state index in [0.29, 0.717) is 12.6 Å². The number of benzene rings is 2. The average molecular weight is 331 g/mol. The molecule has 4 rings (SSSR count). The normalized spacial score (nSPS) is 13.2. The predicted molar refractivity (Wildman–Crippen MR) is 98.5 cm³/mol. The molecule has 0 saturated carbocycles. The minimum absolute atomic E-state index is 0.496. The van der Waals surface area contributed by atoms with Gasteiger partial charge in [0.1, 0.15) is 12.4 Å². The lowest BCUT2D eigenvalue weighted by Gasteiger charge is -2.15. The van der Waals surface area contributed by atoms with Crippen molar-refractivity contribution in [2.75, 3.05) is 12.0 Å². The van der Waals surface area contributed by atoms with E-state index < -0.39 is 0 Å². The molecule has 124 valence electrons. The van der Waals surface area contributed by atoms with Crippen molar-refractivity contribution in [2.45, 2.75) is 0 Å². The molecule has 1 N–H and O–H groups in total. The van der Waals surface area contributed by atoms with E-state index in [2.05, 4.69) is 26.8 Å². The summed E-state index contributed by atoms with van der Waals surface area (Å²) in [5.41, 5.74) is 5.98. The van der Waals surface area contributed by atoms with Gasteiger partial charge in [-0.15, -0.1) is 10.2 Å². The van der Waals surface area contributed by atoms with Crippen molar-refractivity contribution < 1.29 is 4.74 Å². The molecule has 25 heavy (non-hydrogen) atoms. The monoisotopic (exact) mass is 331 g/mol. The van der Waals surface area contributed by atoms with E-state index in [0.717, 1.165) is 28.3 Å². The number of para-hydroxylation sites is 1. The summed E-state index contributed by atoms with van der Waals surface area (Å²) in [6, 6.07) is 17.9. The number of rotatable bonds is 4. The SMILES string of the molecule is Cn1c(N/N=C/C2=Cc3ccccc3OC2)nnc1-c1ccccc1. The van der Waals surface area contributed by atoms with Gasteiger partial charge in [-0.05, 0) is 12.1 Å². The molecular formula is C19H17N5O. The van der Waals surface area contributed by atoms with Crippen LogP contribution in [0, 0.1) is 0 Å². The zero-order valence-corrected chi connectivity index (χ0v) is 13.8. The lowest BCUT2D eigenvalue weighted by Crippen LogP contribution is -2.09. The Balaban J connectivity index is 1.48. The first kappa shape index (κ1) is 15.1. The maximum Gasteiger partial charge on any atom is 0.245 e. The zero-order valence-electron chi connectivity index (χ0n) is 13.8.